The van der Waals surface area contributed by atoms with Crippen molar-refractivity contribution in [1.29, 1.82) is 5.26 Å². The van der Waals surface area contributed by atoms with E-state index in [1.807, 2.05) is 54.6 Å². The number of carboxylic acid groups (broad SMARTS) is 1. The van der Waals surface area contributed by atoms with E-state index >= 15 is 0 Å². The third-order valence-corrected chi connectivity index (χ3v) is 7.83. The van der Waals surface area contributed by atoms with Crippen LogP contribution in [-0.2, 0) is 24.6 Å². The van der Waals surface area contributed by atoms with Crippen molar-refractivity contribution in [2.75, 3.05) is 6.61 Å². The number of hydrogen-bond donors (Lipinski definition) is 3. The third-order valence-electron chi connectivity index (χ3n) is 6.89. The molecule has 0 unspecified atom stereocenters. The number of carboxylic acids is 1. The second-order valence-electron chi connectivity index (χ2n) is 9.84. The lowest BCUT2D eigenvalue weighted by molar-refractivity contribution is -0.145. The van der Waals surface area contributed by atoms with Crippen LogP contribution in [0.25, 0.3) is 22.2 Å². The quantitative estimate of drug-likeness (QED) is 0.167. The molecular formula is C31H26BrN5O6. The van der Waals surface area contributed by atoms with E-state index in [0.29, 0.717) is 33.7 Å². The van der Waals surface area contributed by atoms with Crippen molar-refractivity contribution in [2.45, 2.75) is 32.2 Å². The van der Waals surface area contributed by atoms with E-state index in [4.69, 9.17) is 14.1 Å². The third kappa shape index (κ3) is 6.49. The highest BCUT2D eigenvalue weighted by atomic mass is 79.9. The number of nitrogens with one attached hydrogen (secondary N) is 1. The van der Waals surface area contributed by atoms with Gasteiger partial charge in [0.2, 0.25) is 0 Å². The van der Waals surface area contributed by atoms with E-state index in [2.05, 4.69) is 36.5 Å². The molecule has 218 valence electrons. The van der Waals surface area contributed by atoms with E-state index in [0.717, 1.165) is 21.2 Å². The zero-order valence-corrected chi connectivity index (χ0v) is 24.5. The van der Waals surface area contributed by atoms with Crippen molar-refractivity contribution in [2.24, 2.45) is 0 Å². The van der Waals surface area contributed by atoms with Gasteiger partial charge in [-0.25, -0.2) is 9.61 Å². The van der Waals surface area contributed by atoms with E-state index in [9.17, 15) is 20.3 Å². The Kier molecular flexibility index (Phi) is 8.96. The van der Waals surface area contributed by atoms with Crippen LogP contribution < -0.4 is 14.8 Å². The first kappa shape index (κ1) is 29.7. The molecule has 5 aromatic rings. The molecule has 11 nitrogen and oxygen atoms in total. The number of ether oxygens (including phenoxy) is 2. The normalized spacial score (nSPS) is 12.4. The summed E-state index contributed by atoms with van der Waals surface area (Å²) in [5.41, 5.74) is 3.33. The van der Waals surface area contributed by atoms with Crippen LogP contribution in [0, 0.1) is 11.3 Å². The van der Waals surface area contributed by atoms with Crippen molar-refractivity contribution in [3.63, 3.8) is 0 Å². The number of fused-ring (bicyclic) bond motifs is 1. The molecule has 0 bridgehead atoms. The molecule has 2 aromatic heterocycles. The van der Waals surface area contributed by atoms with Crippen LogP contribution in [0.2, 0.25) is 0 Å². The highest BCUT2D eigenvalue weighted by Gasteiger charge is 2.33. The van der Waals surface area contributed by atoms with Gasteiger partial charge in [0.25, 0.3) is 0 Å². The number of rotatable bonds is 12. The number of aliphatic hydroxyl groups excluding tert-OH is 1. The first-order chi connectivity index (χ1) is 20.8. The Labute approximate surface area is 254 Å². The Morgan fingerprint density at radius 2 is 1.81 bits per heavy atom. The molecule has 5 rings (SSSR count). The fourth-order valence-electron chi connectivity index (χ4n) is 4.31. The maximum Gasteiger partial charge on any atom is 0.326 e. The number of aliphatic carboxylic acids is 1. The lowest BCUT2D eigenvalue weighted by atomic mass is 10.0. The molecule has 0 aliphatic rings. The van der Waals surface area contributed by atoms with Crippen LogP contribution in [0.5, 0.6) is 11.5 Å². The number of pyridine rings is 1. The molecule has 3 aromatic carbocycles. The zero-order valence-electron chi connectivity index (χ0n) is 23.0. The van der Waals surface area contributed by atoms with Gasteiger partial charge >= 0.3 is 5.97 Å². The molecule has 0 saturated heterocycles. The van der Waals surface area contributed by atoms with Gasteiger partial charge in [0.1, 0.15) is 41.8 Å². The molecule has 2 heterocycles. The van der Waals surface area contributed by atoms with E-state index in [1.54, 1.807) is 18.2 Å². The monoisotopic (exact) mass is 643 g/mol. The molecule has 0 saturated carbocycles. The highest BCUT2D eigenvalue weighted by molar-refractivity contribution is 9.10. The minimum atomic E-state index is -1.63. The molecule has 3 N–H and O–H groups in total. The predicted octanol–water partition coefficient (Wildman–Crippen LogP) is 5.00. The zero-order chi connectivity index (χ0) is 30.4. The Hall–Kier alpha value is -4.83. The van der Waals surface area contributed by atoms with Gasteiger partial charge in [-0.05, 0) is 62.0 Å². The van der Waals surface area contributed by atoms with Crippen molar-refractivity contribution < 1.29 is 29.1 Å². The van der Waals surface area contributed by atoms with Crippen LogP contribution >= 0.6 is 15.9 Å². The average molecular weight is 644 g/mol. The minimum Gasteiger partial charge on any atom is -0.488 e. The van der Waals surface area contributed by atoms with Crippen LogP contribution in [-0.4, -0.2) is 43.6 Å². The lowest BCUT2D eigenvalue weighted by Gasteiger charge is -2.24. The van der Waals surface area contributed by atoms with Gasteiger partial charge in [-0.1, -0.05) is 48.5 Å². The standard InChI is InChI=1S/C31H26BrN5O6/c1-31(18-38,30(39)40)35-15-24-25(41-16-19-10-11-34-22(12-19)14-33)13-26(29-28(24)36-43-37-29)42-17-21-8-5-9-23(27(21)32)20-6-3-2-4-7-20/h2-13,35,38H,15-18H2,1H3,(H,39,40)/t31-/m0/s1. The number of carbonyl (C=O) groups is 1. The Morgan fingerprint density at radius 1 is 1.05 bits per heavy atom. The fraction of sp³-hybridized carbons (Fsp3) is 0.194. The summed E-state index contributed by atoms with van der Waals surface area (Å²) in [6.07, 6.45) is 1.51. The summed E-state index contributed by atoms with van der Waals surface area (Å²) in [5.74, 6) is -0.567. The van der Waals surface area contributed by atoms with E-state index in [1.165, 1.54) is 13.1 Å². The molecule has 1 atom stereocenters. The summed E-state index contributed by atoms with van der Waals surface area (Å²) >= 11 is 3.72. The van der Waals surface area contributed by atoms with Gasteiger partial charge in [-0.2, -0.15) is 5.26 Å². The molecule has 0 aliphatic heterocycles. The maximum absolute atomic E-state index is 11.8. The van der Waals surface area contributed by atoms with Gasteiger partial charge in [-0.3, -0.25) is 10.1 Å². The molecule has 43 heavy (non-hydrogen) atoms. The van der Waals surface area contributed by atoms with Gasteiger partial charge < -0.3 is 19.7 Å². The van der Waals surface area contributed by atoms with Gasteiger partial charge in [-0.15, -0.1) is 0 Å². The molecule has 0 radical (unpaired) electrons. The molecule has 0 fully saturated rings. The first-order valence-electron chi connectivity index (χ1n) is 13.1. The fourth-order valence-corrected chi connectivity index (χ4v) is 4.91. The van der Waals surface area contributed by atoms with E-state index < -0.39 is 18.1 Å². The SMILES string of the molecule is C[C@@](CO)(NCc1c(OCc2ccnc(C#N)c2)cc(OCc2cccc(-c3ccccc3)c2Br)c2nonc12)C(=O)O. The van der Waals surface area contributed by atoms with Gasteiger partial charge in [0.15, 0.2) is 11.3 Å². The van der Waals surface area contributed by atoms with E-state index in [-0.39, 0.29) is 25.5 Å². The molecule has 0 aliphatic carbocycles. The number of aromatic nitrogens is 3. The number of nitriles is 1. The molecule has 12 heteroatoms. The Bertz CT molecular complexity index is 1810. The van der Waals surface area contributed by atoms with Crippen molar-refractivity contribution in [3.8, 4) is 28.7 Å². The summed E-state index contributed by atoms with van der Waals surface area (Å²) in [6.45, 7) is 0.922. The molecule has 0 spiro atoms. The summed E-state index contributed by atoms with van der Waals surface area (Å²) < 4.78 is 18.4. The molecular weight excluding hydrogens is 618 g/mol. The summed E-state index contributed by atoms with van der Waals surface area (Å²) in [5, 5.41) is 39.6. The summed E-state index contributed by atoms with van der Waals surface area (Å²) in [6, 6.07) is 22.9. The van der Waals surface area contributed by atoms with Crippen molar-refractivity contribution in [1.82, 2.24) is 20.6 Å². The highest BCUT2D eigenvalue weighted by Crippen LogP contribution is 2.37. The van der Waals surface area contributed by atoms with Gasteiger partial charge in [0, 0.05) is 34.4 Å². The Balaban J connectivity index is 1.48. The number of hydrogen-bond acceptors (Lipinski definition) is 10. The first-order valence-corrected chi connectivity index (χ1v) is 13.9. The number of benzene rings is 3. The van der Waals surface area contributed by atoms with Crippen LogP contribution in [0.3, 0.4) is 0 Å². The Morgan fingerprint density at radius 3 is 2.56 bits per heavy atom. The topological polar surface area (TPSA) is 164 Å². The number of nitrogens with zero attached hydrogens (tertiary/aromatic N) is 4. The van der Waals surface area contributed by atoms with Gasteiger partial charge in [0.05, 0.1) is 6.61 Å². The number of aliphatic hydroxyl groups is 1. The lowest BCUT2D eigenvalue weighted by Crippen LogP contribution is -2.52. The van der Waals surface area contributed by atoms with Crippen LogP contribution in [0.1, 0.15) is 29.3 Å². The second-order valence-corrected chi connectivity index (χ2v) is 10.6. The van der Waals surface area contributed by atoms with Crippen molar-refractivity contribution in [3.05, 3.63) is 99.8 Å². The predicted molar refractivity (Wildman–Crippen MR) is 159 cm³/mol. The smallest absolute Gasteiger partial charge is 0.326 e. The minimum absolute atomic E-state index is 0.0475. The summed E-state index contributed by atoms with van der Waals surface area (Å²) in [4.78, 5) is 15.8. The summed E-state index contributed by atoms with van der Waals surface area (Å²) in [7, 11) is 0. The molecule has 0 amide bonds. The number of halogens is 1. The average Bonchev–Trinajstić information content (AvgIpc) is 3.53. The largest absolute Gasteiger partial charge is 0.488 e. The second kappa shape index (κ2) is 13.0. The van der Waals surface area contributed by atoms with Crippen molar-refractivity contribution >= 4 is 32.9 Å². The maximum atomic E-state index is 11.8. The van der Waals surface area contributed by atoms with Crippen LogP contribution in [0.15, 0.2) is 82.0 Å². The van der Waals surface area contributed by atoms with Crippen LogP contribution in [0.4, 0.5) is 0 Å².